The SMILES string of the molecule is CSc1cc([Si](C)(C)C)c(C(N)=O)s1. The van der Waals surface area contributed by atoms with E-state index in [0.29, 0.717) is 0 Å². The molecule has 5 heteroatoms. The van der Waals surface area contributed by atoms with Crippen molar-refractivity contribution in [3.8, 4) is 0 Å². The smallest absolute Gasteiger partial charge is 0.258 e. The second kappa shape index (κ2) is 4.08. The Labute approximate surface area is 93.9 Å². The number of hydrogen-bond donors (Lipinski definition) is 1. The molecular formula is C9H15NOS2Si. The van der Waals surface area contributed by atoms with Gasteiger partial charge in [-0.25, -0.2) is 0 Å². The van der Waals surface area contributed by atoms with Gasteiger partial charge in [-0.2, -0.15) is 0 Å². The van der Waals surface area contributed by atoms with Gasteiger partial charge in [0.05, 0.1) is 17.2 Å². The standard InChI is InChI=1S/C9H15NOS2Si/c1-12-7-5-6(14(2,3)4)8(13-7)9(10)11/h5H,1-4H3,(H2,10,11). The van der Waals surface area contributed by atoms with Crippen molar-refractivity contribution in [1.29, 1.82) is 0 Å². The summed E-state index contributed by atoms with van der Waals surface area (Å²) in [5.74, 6) is -0.285. The van der Waals surface area contributed by atoms with Gasteiger partial charge in [0.15, 0.2) is 0 Å². The molecule has 0 saturated carbocycles. The number of thioether (sulfide) groups is 1. The summed E-state index contributed by atoms with van der Waals surface area (Å²) in [4.78, 5) is 12.0. The zero-order chi connectivity index (χ0) is 10.9. The minimum atomic E-state index is -1.44. The summed E-state index contributed by atoms with van der Waals surface area (Å²) in [5, 5.41) is 1.19. The van der Waals surface area contributed by atoms with E-state index in [0.717, 1.165) is 4.88 Å². The van der Waals surface area contributed by atoms with Crippen LogP contribution >= 0.6 is 23.1 Å². The molecule has 0 aliphatic carbocycles. The first-order chi connectivity index (χ1) is 6.36. The van der Waals surface area contributed by atoms with Crippen molar-refractivity contribution in [2.75, 3.05) is 6.26 Å². The Morgan fingerprint density at radius 2 is 2.07 bits per heavy atom. The lowest BCUT2D eigenvalue weighted by atomic mass is 10.4. The Morgan fingerprint density at radius 3 is 2.36 bits per heavy atom. The third kappa shape index (κ3) is 2.40. The number of carbonyl (C=O) groups is 1. The van der Waals surface area contributed by atoms with Gasteiger partial charge >= 0.3 is 0 Å². The molecular weight excluding hydrogens is 230 g/mol. The zero-order valence-electron chi connectivity index (χ0n) is 8.88. The molecule has 1 amide bonds. The van der Waals surface area contributed by atoms with Crippen molar-refractivity contribution >= 4 is 42.3 Å². The summed E-state index contributed by atoms with van der Waals surface area (Å²) in [7, 11) is -1.44. The van der Waals surface area contributed by atoms with Gasteiger partial charge in [-0.3, -0.25) is 4.79 Å². The lowest BCUT2D eigenvalue weighted by Crippen LogP contribution is -2.40. The molecule has 14 heavy (non-hydrogen) atoms. The van der Waals surface area contributed by atoms with E-state index in [9.17, 15) is 4.79 Å². The van der Waals surface area contributed by atoms with Gasteiger partial charge < -0.3 is 5.73 Å². The maximum Gasteiger partial charge on any atom is 0.258 e. The summed E-state index contributed by atoms with van der Waals surface area (Å²) in [6.45, 7) is 6.68. The van der Waals surface area contributed by atoms with Crippen LogP contribution in [-0.4, -0.2) is 20.2 Å². The third-order valence-corrected chi connectivity index (χ3v) is 6.35. The molecule has 0 radical (unpaired) electrons. The van der Waals surface area contributed by atoms with Crippen LogP contribution in [-0.2, 0) is 0 Å². The number of carbonyl (C=O) groups excluding carboxylic acids is 1. The monoisotopic (exact) mass is 245 g/mol. The van der Waals surface area contributed by atoms with Gasteiger partial charge in [0.25, 0.3) is 5.91 Å². The van der Waals surface area contributed by atoms with E-state index in [1.165, 1.54) is 20.7 Å². The van der Waals surface area contributed by atoms with Crippen molar-refractivity contribution in [2.24, 2.45) is 5.73 Å². The average Bonchev–Trinajstić information content (AvgIpc) is 2.46. The van der Waals surface area contributed by atoms with Gasteiger partial charge in [0, 0.05) is 0 Å². The van der Waals surface area contributed by atoms with E-state index in [1.54, 1.807) is 11.8 Å². The first-order valence-corrected chi connectivity index (χ1v) is 9.88. The molecule has 0 atom stereocenters. The quantitative estimate of drug-likeness (QED) is 0.655. The second-order valence-electron chi connectivity index (χ2n) is 4.13. The number of amides is 1. The molecule has 1 heterocycles. The molecule has 78 valence electrons. The van der Waals surface area contributed by atoms with Crippen LogP contribution in [0.5, 0.6) is 0 Å². The molecule has 0 aliphatic heterocycles. The Kier molecular flexibility index (Phi) is 3.44. The number of thiophene rings is 1. The van der Waals surface area contributed by atoms with E-state index in [1.807, 2.05) is 6.26 Å². The highest BCUT2D eigenvalue weighted by atomic mass is 32.2. The molecule has 1 aromatic rings. The van der Waals surface area contributed by atoms with Crippen LogP contribution in [0.4, 0.5) is 0 Å². The second-order valence-corrected chi connectivity index (χ2v) is 11.3. The minimum absolute atomic E-state index is 0.285. The molecule has 0 unspecified atom stereocenters. The van der Waals surface area contributed by atoms with Gasteiger partial charge in [-0.15, -0.1) is 23.1 Å². The van der Waals surface area contributed by atoms with Gasteiger partial charge in [-0.05, 0) is 17.5 Å². The minimum Gasteiger partial charge on any atom is -0.365 e. The molecule has 2 N–H and O–H groups in total. The number of primary amides is 1. The summed E-state index contributed by atoms with van der Waals surface area (Å²) >= 11 is 3.19. The van der Waals surface area contributed by atoms with Crippen LogP contribution in [0.1, 0.15) is 9.67 Å². The molecule has 0 spiro atoms. The summed E-state index contributed by atoms with van der Waals surface area (Å²) in [6.07, 6.45) is 2.02. The van der Waals surface area contributed by atoms with Crippen molar-refractivity contribution < 1.29 is 4.79 Å². The Hall–Kier alpha value is -0.263. The van der Waals surface area contributed by atoms with Crippen molar-refractivity contribution in [3.05, 3.63) is 10.9 Å². The fourth-order valence-electron chi connectivity index (χ4n) is 1.21. The van der Waals surface area contributed by atoms with Crippen molar-refractivity contribution in [1.82, 2.24) is 0 Å². The van der Waals surface area contributed by atoms with E-state index >= 15 is 0 Å². The van der Waals surface area contributed by atoms with E-state index < -0.39 is 8.07 Å². The molecule has 0 aromatic carbocycles. The predicted octanol–water partition coefficient (Wildman–Crippen LogP) is 2.11. The highest BCUT2D eigenvalue weighted by Crippen LogP contribution is 2.25. The Balaban J connectivity index is 3.26. The zero-order valence-corrected chi connectivity index (χ0v) is 11.5. The first-order valence-electron chi connectivity index (χ1n) is 4.34. The number of rotatable bonds is 3. The fourth-order valence-corrected chi connectivity index (χ4v) is 5.34. The largest absolute Gasteiger partial charge is 0.365 e. The number of hydrogen-bond acceptors (Lipinski definition) is 3. The maximum absolute atomic E-state index is 11.2. The van der Waals surface area contributed by atoms with Crippen LogP contribution in [0.15, 0.2) is 10.3 Å². The molecule has 0 saturated heterocycles. The topological polar surface area (TPSA) is 43.1 Å². The van der Waals surface area contributed by atoms with Crippen LogP contribution in [0.3, 0.4) is 0 Å². The third-order valence-electron chi connectivity index (χ3n) is 1.94. The average molecular weight is 245 g/mol. The van der Waals surface area contributed by atoms with Crippen LogP contribution in [0.25, 0.3) is 0 Å². The molecule has 0 bridgehead atoms. The highest BCUT2D eigenvalue weighted by Gasteiger charge is 2.25. The predicted molar refractivity (Wildman–Crippen MR) is 67.6 cm³/mol. The lowest BCUT2D eigenvalue weighted by molar-refractivity contribution is 0.100. The lowest BCUT2D eigenvalue weighted by Gasteiger charge is -2.15. The fraction of sp³-hybridized carbons (Fsp3) is 0.444. The normalized spacial score (nSPS) is 11.7. The molecule has 1 aromatic heterocycles. The molecule has 0 fully saturated rings. The number of nitrogens with two attached hydrogens (primary N) is 1. The Morgan fingerprint density at radius 1 is 1.50 bits per heavy atom. The highest BCUT2D eigenvalue weighted by molar-refractivity contribution is 8.00. The summed E-state index contributed by atoms with van der Waals surface area (Å²) < 4.78 is 1.18. The summed E-state index contributed by atoms with van der Waals surface area (Å²) in [6, 6.07) is 2.13. The summed E-state index contributed by atoms with van der Waals surface area (Å²) in [5.41, 5.74) is 5.36. The van der Waals surface area contributed by atoms with Crippen LogP contribution < -0.4 is 10.9 Å². The Bertz CT molecular complexity index is 354. The molecule has 1 rings (SSSR count). The van der Waals surface area contributed by atoms with Gasteiger partial charge in [0.1, 0.15) is 0 Å². The van der Waals surface area contributed by atoms with E-state index in [4.69, 9.17) is 5.73 Å². The molecule has 2 nitrogen and oxygen atoms in total. The van der Waals surface area contributed by atoms with Crippen LogP contribution in [0, 0.1) is 0 Å². The first kappa shape index (κ1) is 11.8. The molecule has 0 aliphatic rings. The maximum atomic E-state index is 11.2. The van der Waals surface area contributed by atoms with Crippen LogP contribution in [0.2, 0.25) is 19.6 Å². The van der Waals surface area contributed by atoms with E-state index in [-0.39, 0.29) is 5.91 Å². The van der Waals surface area contributed by atoms with Gasteiger partial charge in [0.2, 0.25) is 0 Å². The van der Waals surface area contributed by atoms with Gasteiger partial charge in [-0.1, -0.05) is 19.6 Å². The van der Waals surface area contributed by atoms with E-state index in [2.05, 4.69) is 25.7 Å². The van der Waals surface area contributed by atoms with Crippen molar-refractivity contribution in [2.45, 2.75) is 23.9 Å². The van der Waals surface area contributed by atoms with Crippen molar-refractivity contribution in [3.63, 3.8) is 0 Å².